The second-order valence-corrected chi connectivity index (χ2v) is 5.27. The van der Waals surface area contributed by atoms with Crippen molar-refractivity contribution in [1.82, 2.24) is 9.78 Å². The molecule has 2 aromatic rings. The zero-order chi connectivity index (χ0) is 16.4. The Bertz CT molecular complexity index is 827. The minimum absolute atomic E-state index is 0.0355. The van der Waals surface area contributed by atoms with Gasteiger partial charge in [0.15, 0.2) is 5.69 Å². The molecule has 2 heterocycles. The Hall–Kier alpha value is -2.70. The van der Waals surface area contributed by atoms with Crippen molar-refractivity contribution in [3.63, 3.8) is 0 Å². The Morgan fingerprint density at radius 2 is 2.09 bits per heavy atom. The van der Waals surface area contributed by atoms with E-state index in [1.807, 2.05) is 6.92 Å². The summed E-state index contributed by atoms with van der Waals surface area (Å²) in [6.45, 7) is 2.55. The molecule has 0 aliphatic carbocycles. The molecule has 1 fully saturated rings. The molecule has 7 nitrogen and oxygen atoms in total. The van der Waals surface area contributed by atoms with E-state index in [9.17, 15) is 14.4 Å². The van der Waals surface area contributed by atoms with E-state index >= 15 is 0 Å². The third kappa shape index (κ3) is 2.81. The Morgan fingerprint density at radius 3 is 2.74 bits per heavy atom. The van der Waals surface area contributed by atoms with Gasteiger partial charge in [-0.05, 0) is 12.5 Å². The zero-order valence-corrected chi connectivity index (χ0v) is 12.7. The number of esters is 2. The Labute approximate surface area is 131 Å². The summed E-state index contributed by atoms with van der Waals surface area (Å²) in [6, 6.07) is 6.73. The second kappa shape index (κ2) is 6.20. The van der Waals surface area contributed by atoms with Crippen LogP contribution in [-0.4, -0.2) is 34.4 Å². The first-order valence-electron chi connectivity index (χ1n) is 7.49. The maximum absolute atomic E-state index is 12.4. The van der Waals surface area contributed by atoms with Crippen LogP contribution in [0.15, 0.2) is 29.1 Å². The number of carbonyl (C=O) groups is 2. The fourth-order valence-electron chi connectivity index (χ4n) is 2.52. The molecule has 1 aromatic heterocycles. The quantitative estimate of drug-likeness (QED) is 0.790. The lowest BCUT2D eigenvalue weighted by atomic mass is 10.1. The van der Waals surface area contributed by atoms with Crippen molar-refractivity contribution in [2.45, 2.75) is 32.4 Å². The number of cyclic esters (lactones) is 1. The normalized spacial score (nSPS) is 17.3. The maximum atomic E-state index is 12.4. The number of benzene rings is 1. The smallest absolute Gasteiger partial charge is 0.360 e. The fourth-order valence-corrected chi connectivity index (χ4v) is 2.52. The van der Waals surface area contributed by atoms with Gasteiger partial charge in [0, 0.05) is 18.4 Å². The number of ether oxygens (including phenoxy) is 2. The number of hydrogen-bond donors (Lipinski definition) is 0. The number of fused-ring (bicyclic) bond motifs is 1. The number of rotatable bonds is 4. The Morgan fingerprint density at radius 1 is 1.35 bits per heavy atom. The van der Waals surface area contributed by atoms with Gasteiger partial charge in [0.2, 0.25) is 6.10 Å². The van der Waals surface area contributed by atoms with Gasteiger partial charge in [-0.2, -0.15) is 5.10 Å². The zero-order valence-electron chi connectivity index (χ0n) is 12.7. The summed E-state index contributed by atoms with van der Waals surface area (Å²) in [5.74, 6) is -1.28. The molecule has 0 bridgehead atoms. The summed E-state index contributed by atoms with van der Waals surface area (Å²) in [5, 5.41) is 4.95. The van der Waals surface area contributed by atoms with E-state index in [2.05, 4.69) is 5.10 Å². The van der Waals surface area contributed by atoms with Gasteiger partial charge in [-0.3, -0.25) is 4.79 Å². The van der Waals surface area contributed by atoms with Crippen molar-refractivity contribution in [2.24, 2.45) is 0 Å². The number of aryl methyl sites for hydroxylation is 1. The van der Waals surface area contributed by atoms with Gasteiger partial charge in [-0.25, -0.2) is 14.3 Å². The van der Waals surface area contributed by atoms with E-state index in [0.717, 1.165) is 0 Å². The summed E-state index contributed by atoms with van der Waals surface area (Å²) >= 11 is 0. The summed E-state index contributed by atoms with van der Waals surface area (Å²) in [6.07, 6.45) is 0.126. The number of nitrogens with zero attached hydrogens (tertiary/aromatic N) is 2. The van der Waals surface area contributed by atoms with Crippen LogP contribution in [0, 0.1) is 0 Å². The van der Waals surface area contributed by atoms with Crippen molar-refractivity contribution in [3.05, 3.63) is 40.3 Å². The van der Waals surface area contributed by atoms with Crippen LogP contribution in [0.3, 0.4) is 0 Å². The predicted molar refractivity (Wildman–Crippen MR) is 81.1 cm³/mol. The largest absolute Gasteiger partial charge is 0.463 e. The molecule has 23 heavy (non-hydrogen) atoms. The van der Waals surface area contributed by atoms with Crippen LogP contribution in [0.2, 0.25) is 0 Å². The molecule has 0 saturated carbocycles. The van der Waals surface area contributed by atoms with E-state index in [4.69, 9.17) is 9.47 Å². The standard InChI is InChI=1S/C16H16N2O5/c1-2-8-18-14(19)11-6-4-3-5-10(11)13(17-18)16(21)23-12-7-9-22-15(12)20/h3-6,12H,2,7-9H2,1H3/t12-/m0/s1. The first kappa shape index (κ1) is 15.2. The molecule has 7 heteroatoms. The van der Waals surface area contributed by atoms with Crippen LogP contribution in [0.4, 0.5) is 0 Å². The highest BCUT2D eigenvalue weighted by Crippen LogP contribution is 2.17. The van der Waals surface area contributed by atoms with Crippen LogP contribution >= 0.6 is 0 Å². The van der Waals surface area contributed by atoms with Crippen molar-refractivity contribution >= 4 is 22.7 Å². The monoisotopic (exact) mass is 316 g/mol. The van der Waals surface area contributed by atoms with Crippen LogP contribution in [0.5, 0.6) is 0 Å². The average molecular weight is 316 g/mol. The molecule has 120 valence electrons. The van der Waals surface area contributed by atoms with Crippen LogP contribution < -0.4 is 5.56 Å². The number of carbonyl (C=O) groups excluding carboxylic acids is 2. The molecular weight excluding hydrogens is 300 g/mol. The molecule has 0 unspecified atom stereocenters. The van der Waals surface area contributed by atoms with Gasteiger partial charge >= 0.3 is 11.9 Å². The molecule has 1 aromatic carbocycles. The summed E-state index contributed by atoms with van der Waals surface area (Å²) in [4.78, 5) is 36.2. The third-order valence-corrected chi connectivity index (χ3v) is 3.63. The van der Waals surface area contributed by atoms with E-state index in [1.54, 1.807) is 24.3 Å². The van der Waals surface area contributed by atoms with Gasteiger partial charge in [0.1, 0.15) is 0 Å². The first-order chi connectivity index (χ1) is 11.1. The Balaban J connectivity index is 2.05. The molecule has 1 saturated heterocycles. The van der Waals surface area contributed by atoms with Gasteiger partial charge in [-0.15, -0.1) is 0 Å². The number of hydrogen-bond acceptors (Lipinski definition) is 6. The highest BCUT2D eigenvalue weighted by Gasteiger charge is 2.31. The minimum atomic E-state index is -0.908. The first-order valence-corrected chi connectivity index (χ1v) is 7.49. The van der Waals surface area contributed by atoms with Crippen molar-refractivity contribution < 1.29 is 19.1 Å². The average Bonchev–Trinajstić information content (AvgIpc) is 2.95. The topological polar surface area (TPSA) is 87.5 Å². The second-order valence-electron chi connectivity index (χ2n) is 5.27. The highest BCUT2D eigenvalue weighted by atomic mass is 16.6. The Kier molecular flexibility index (Phi) is 4.10. The van der Waals surface area contributed by atoms with Crippen LogP contribution in [0.25, 0.3) is 10.8 Å². The van der Waals surface area contributed by atoms with Crippen LogP contribution in [-0.2, 0) is 20.8 Å². The predicted octanol–water partition coefficient (Wildman–Crippen LogP) is 1.28. The van der Waals surface area contributed by atoms with Crippen molar-refractivity contribution in [1.29, 1.82) is 0 Å². The van der Waals surface area contributed by atoms with Gasteiger partial charge in [0.05, 0.1) is 12.0 Å². The molecule has 0 N–H and O–H groups in total. The molecule has 3 rings (SSSR count). The fraction of sp³-hybridized carbons (Fsp3) is 0.375. The SMILES string of the molecule is CCCn1nc(C(=O)O[C@H]2CCOC2=O)c2ccccc2c1=O. The molecule has 1 aliphatic heterocycles. The van der Waals surface area contributed by atoms with E-state index in [-0.39, 0.29) is 17.9 Å². The van der Waals surface area contributed by atoms with E-state index in [1.165, 1.54) is 4.68 Å². The van der Waals surface area contributed by atoms with Crippen molar-refractivity contribution in [2.75, 3.05) is 6.61 Å². The minimum Gasteiger partial charge on any atom is -0.463 e. The lowest BCUT2D eigenvalue weighted by molar-refractivity contribution is -0.145. The maximum Gasteiger partial charge on any atom is 0.360 e. The molecule has 0 spiro atoms. The van der Waals surface area contributed by atoms with Crippen LogP contribution in [0.1, 0.15) is 30.3 Å². The lowest BCUT2D eigenvalue weighted by Gasteiger charge is -2.11. The van der Waals surface area contributed by atoms with Crippen molar-refractivity contribution in [3.8, 4) is 0 Å². The van der Waals surface area contributed by atoms with Gasteiger partial charge in [-0.1, -0.05) is 25.1 Å². The summed E-state index contributed by atoms with van der Waals surface area (Å²) in [7, 11) is 0. The number of aromatic nitrogens is 2. The summed E-state index contributed by atoms with van der Waals surface area (Å²) in [5.41, 5.74) is -0.215. The van der Waals surface area contributed by atoms with E-state index < -0.39 is 18.0 Å². The molecule has 1 aliphatic rings. The summed E-state index contributed by atoms with van der Waals surface area (Å²) < 4.78 is 11.2. The lowest BCUT2D eigenvalue weighted by Crippen LogP contribution is -2.28. The highest BCUT2D eigenvalue weighted by molar-refractivity contribution is 6.02. The van der Waals surface area contributed by atoms with Gasteiger partial charge < -0.3 is 9.47 Å². The molecule has 0 radical (unpaired) electrons. The molecular formula is C16H16N2O5. The third-order valence-electron chi connectivity index (χ3n) is 3.63. The molecule has 1 atom stereocenters. The van der Waals surface area contributed by atoms with E-state index in [0.29, 0.717) is 30.2 Å². The van der Waals surface area contributed by atoms with Gasteiger partial charge in [0.25, 0.3) is 5.56 Å². The molecule has 0 amide bonds.